The number of nitro benzene ring substituents is 1. The third-order valence-electron chi connectivity index (χ3n) is 4.73. The van der Waals surface area contributed by atoms with Crippen LogP contribution >= 0.6 is 11.8 Å². The molecule has 0 radical (unpaired) electrons. The molecule has 0 aliphatic heterocycles. The Bertz CT molecular complexity index is 1330. The van der Waals surface area contributed by atoms with Crippen LogP contribution in [0.4, 0.5) is 15.8 Å². The van der Waals surface area contributed by atoms with Crippen molar-refractivity contribution in [3.05, 3.63) is 94.3 Å². The molecule has 0 aliphatic rings. The SMILES string of the molecule is COc1ccc(N/N=C(\Sc2nnc(-c3ccc([N+](=O)[O-])cc3)o2)[C@H](O)c2ccc(F)cc2)cc1. The van der Waals surface area contributed by atoms with Crippen molar-refractivity contribution in [3.63, 3.8) is 0 Å². The van der Waals surface area contributed by atoms with Gasteiger partial charge >= 0.3 is 0 Å². The molecule has 0 unspecified atom stereocenters. The highest BCUT2D eigenvalue weighted by Gasteiger charge is 2.21. The summed E-state index contributed by atoms with van der Waals surface area (Å²) in [5.41, 5.74) is 4.32. The topological polar surface area (TPSA) is 136 Å². The normalized spacial score (nSPS) is 12.3. The predicted octanol–water partition coefficient (Wildman–Crippen LogP) is 5.04. The number of hydrogen-bond acceptors (Lipinski definition) is 10. The second kappa shape index (κ2) is 10.8. The van der Waals surface area contributed by atoms with Gasteiger partial charge in [0.05, 0.1) is 17.7 Å². The van der Waals surface area contributed by atoms with Crippen LogP contribution in [-0.4, -0.2) is 32.4 Å². The Labute approximate surface area is 202 Å². The van der Waals surface area contributed by atoms with Gasteiger partial charge < -0.3 is 14.3 Å². The van der Waals surface area contributed by atoms with E-state index >= 15 is 0 Å². The van der Waals surface area contributed by atoms with Crippen LogP contribution in [0.25, 0.3) is 11.5 Å². The summed E-state index contributed by atoms with van der Waals surface area (Å²) in [6, 6.07) is 18.0. The first kappa shape index (κ1) is 23.9. The van der Waals surface area contributed by atoms with Crippen LogP contribution in [0.1, 0.15) is 11.7 Å². The molecular weight excluding hydrogens is 477 g/mol. The zero-order chi connectivity index (χ0) is 24.8. The fraction of sp³-hybridized carbons (Fsp3) is 0.0870. The fourth-order valence-electron chi connectivity index (χ4n) is 2.90. The standard InChI is InChI=1S/C23H18FN5O5S/c1-33-19-12-8-17(9-13-19)25-27-22(20(30)14-2-6-16(24)7-3-14)35-23-28-26-21(34-23)15-4-10-18(11-5-15)29(31)32/h2-13,20,25,30H,1H3/b27-22-/t20-/m1/s1. The molecule has 0 saturated heterocycles. The molecule has 0 saturated carbocycles. The molecule has 2 N–H and O–H groups in total. The molecule has 1 atom stereocenters. The monoisotopic (exact) mass is 495 g/mol. The van der Waals surface area contributed by atoms with Crippen molar-refractivity contribution in [2.24, 2.45) is 5.10 Å². The Morgan fingerprint density at radius 3 is 2.43 bits per heavy atom. The summed E-state index contributed by atoms with van der Waals surface area (Å²) < 4.78 is 24.2. The Kier molecular flexibility index (Phi) is 7.33. The number of nitrogens with one attached hydrogen (secondary N) is 1. The van der Waals surface area contributed by atoms with E-state index in [4.69, 9.17) is 9.15 Å². The van der Waals surface area contributed by atoms with Crippen molar-refractivity contribution in [2.45, 2.75) is 11.3 Å². The molecule has 178 valence electrons. The van der Waals surface area contributed by atoms with Crippen LogP contribution in [0, 0.1) is 15.9 Å². The van der Waals surface area contributed by atoms with E-state index in [9.17, 15) is 19.6 Å². The Hall–Kier alpha value is -4.29. The molecule has 10 nitrogen and oxygen atoms in total. The van der Waals surface area contributed by atoms with E-state index in [0.29, 0.717) is 22.6 Å². The number of ether oxygens (including phenoxy) is 1. The lowest BCUT2D eigenvalue weighted by Crippen LogP contribution is -2.11. The minimum atomic E-state index is -1.22. The lowest BCUT2D eigenvalue weighted by molar-refractivity contribution is -0.384. The number of hydrazone groups is 1. The van der Waals surface area contributed by atoms with E-state index in [-0.39, 0.29) is 21.8 Å². The number of thioether (sulfide) groups is 1. The van der Waals surface area contributed by atoms with Crippen molar-refractivity contribution in [2.75, 3.05) is 12.5 Å². The number of methoxy groups -OCH3 is 1. The Morgan fingerprint density at radius 1 is 1.11 bits per heavy atom. The summed E-state index contributed by atoms with van der Waals surface area (Å²) in [6.45, 7) is 0. The van der Waals surface area contributed by atoms with Gasteiger partial charge in [-0.25, -0.2) is 4.39 Å². The van der Waals surface area contributed by atoms with Gasteiger partial charge in [-0.3, -0.25) is 15.5 Å². The van der Waals surface area contributed by atoms with Gasteiger partial charge in [-0.15, -0.1) is 10.2 Å². The molecule has 1 heterocycles. The van der Waals surface area contributed by atoms with Crippen LogP contribution in [0.15, 0.2) is 87.5 Å². The van der Waals surface area contributed by atoms with Crippen LogP contribution in [0.2, 0.25) is 0 Å². The average Bonchev–Trinajstić information content (AvgIpc) is 3.35. The highest BCUT2D eigenvalue weighted by atomic mass is 32.2. The number of anilines is 1. The number of aromatic nitrogens is 2. The van der Waals surface area contributed by atoms with Gasteiger partial charge in [0.1, 0.15) is 22.7 Å². The number of halogens is 1. The minimum absolute atomic E-state index is 0.0655. The molecule has 4 aromatic rings. The molecule has 1 aromatic heterocycles. The number of aliphatic hydroxyl groups excluding tert-OH is 1. The second-order valence-electron chi connectivity index (χ2n) is 7.02. The van der Waals surface area contributed by atoms with Crippen molar-refractivity contribution in [1.82, 2.24) is 10.2 Å². The predicted molar refractivity (Wildman–Crippen MR) is 128 cm³/mol. The number of aliphatic hydroxyl groups is 1. The highest BCUT2D eigenvalue weighted by Crippen LogP contribution is 2.30. The van der Waals surface area contributed by atoms with E-state index in [1.807, 2.05) is 0 Å². The highest BCUT2D eigenvalue weighted by molar-refractivity contribution is 8.13. The summed E-state index contributed by atoms with van der Waals surface area (Å²) in [4.78, 5) is 10.3. The minimum Gasteiger partial charge on any atom is -0.497 e. The fourth-order valence-corrected chi connectivity index (χ4v) is 3.62. The van der Waals surface area contributed by atoms with Crippen molar-refractivity contribution < 1.29 is 23.6 Å². The van der Waals surface area contributed by atoms with Crippen LogP contribution in [0.5, 0.6) is 5.75 Å². The Balaban J connectivity index is 1.58. The van der Waals surface area contributed by atoms with Gasteiger partial charge in [0, 0.05) is 17.7 Å². The van der Waals surface area contributed by atoms with Gasteiger partial charge in [0.15, 0.2) is 0 Å². The second-order valence-corrected chi connectivity index (χ2v) is 8.00. The van der Waals surface area contributed by atoms with Crippen molar-refractivity contribution in [3.8, 4) is 17.2 Å². The average molecular weight is 495 g/mol. The first-order chi connectivity index (χ1) is 16.9. The van der Waals surface area contributed by atoms with E-state index < -0.39 is 16.8 Å². The quantitative estimate of drug-likeness (QED) is 0.113. The van der Waals surface area contributed by atoms with Crippen LogP contribution in [-0.2, 0) is 0 Å². The van der Waals surface area contributed by atoms with Gasteiger partial charge in [0.2, 0.25) is 5.89 Å². The summed E-state index contributed by atoms with van der Waals surface area (Å²) in [5.74, 6) is 0.374. The zero-order valence-electron chi connectivity index (χ0n) is 18.2. The molecule has 0 amide bonds. The third kappa shape index (κ3) is 5.99. The van der Waals surface area contributed by atoms with Gasteiger partial charge in [0.25, 0.3) is 10.9 Å². The molecule has 0 spiro atoms. The first-order valence-corrected chi connectivity index (χ1v) is 10.9. The lowest BCUT2D eigenvalue weighted by atomic mass is 10.1. The first-order valence-electron chi connectivity index (χ1n) is 10.1. The van der Waals surface area contributed by atoms with Gasteiger partial charge in [-0.05, 0) is 65.9 Å². The summed E-state index contributed by atoms with van der Waals surface area (Å²) in [7, 11) is 1.56. The van der Waals surface area contributed by atoms with Crippen LogP contribution < -0.4 is 10.2 Å². The summed E-state index contributed by atoms with van der Waals surface area (Å²) in [5, 5.41) is 34.2. The molecule has 0 bridgehead atoms. The Morgan fingerprint density at radius 2 is 1.80 bits per heavy atom. The van der Waals surface area contributed by atoms with E-state index in [2.05, 4.69) is 20.7 Å². The van der Waals surface area contributed by atoms with Gasteiger partial charge in [-0.1, -0.05) is 12.1 Å². The largest absolute Gasteiger partial charge is 0.497 e. The molecule has 12 heteroatoms. The molecule has 0 fully saturated rings. The van der Waals surface area contributed by atoms with Gasteiger partial charge in [-0.2, -0.15) is 5.10 Å². The maximum atomic E-state index is 13.4. The third-order valence-corrected chi connectivity index (χ3v) is 5.59. The van der Waals surface area contributed by atoms with E-state index in [1.165, 1.54) is 48.5 Å². The number of hydrogen-bond donors (Lipinski definition) is 2. The lowest BCUT2D eigenvalue weighted by Gasteiger charge is -2.13. The number of non-ortho nitro benzene ring substituents is 1. The molecule has 3 aromatic carbocycles. The molecule has 0 aliphatic carbocycles. The molecule has 4 rings (SSSR count). The number of nitro groups is 1. The zero-order valence-corrected chi connectivity index (χ0v) is 19.0. The maximum Gasteiger partial charge on any atom is 0.283 e. The van der Waals surface area contributed by atoms with E-state index in [0.717, 1.165) is 11.8 Å². The molecule has 35 heavy (non-hydrogen) atoms. The maximum absolute atomic E-state index is 13.4. The smallest absolute Gasteiger partial charge is 0.283 e. The van der Waals surface area contributed by atoms with Crippen molar-refractivity contribution in [1.29, 1.82) is 0 Å². The molecular formula is C23H18FN5O5S. The van der Waals surface area contributed by atoms with Crippen LogP contribution in [0.3, 0.4) is 0 Å². The number of rotatable bonds is 8. The van der Waals surface area contributed by atoms with E-state index in [1.54, 1.807) is 31.4 Å². The number of benzene rings is 3. The van der Waals surface area contributed by atoms with Crippen molar-refractivity contribution >= 4 is 28.2 Å². The summed E-state index contributed by atoms with van der Waals surface area (Å²) >= 11 is 0.917. The number of nitrogens with zero attached hydrogens (tertiary/aromatic N) is 4. The summed E-state index contributed by atoms with van der Waals surface area (Å²) in [6.07, 6.45) is -1.22.